The van der Waals surface area contributed by atoms with Gasteiger partial charge in [0.2, 0.25) is 21.8 Å². The van der Waals surface area contributed by atoms with Gasteiger partial charge in [0, 0.05) is 24.0 Å². The molecule has 0 saturated heterocycles. The monoisotopic (exact) mass is 669 g/mol. The van der Waals surface area contributed by atoms with Crippen LogP contribution in [0, 0.1) is 0 Å². The molecule has 1 fully saturated rings. The number of carbonyl (C=O) groups excluding carboxylic acids is 2. The molecule has 1 aliphatic carbocycles. The van der Waals surface area contributed by atoms with Crippen molar-refractivity contribution in [2.75, 3.05) is 17.1 Å². The first kappa shape index (κ1) is 32.4. The summed E-state index contributed by atoms with van der Waals surface area (Å²) in [6.07, 6.45) is 4.93. The first-order valence-corrected chi connectivity index (χ1v) is 16.8. The van der Waals surface area contributed by atoms with E-state index in [9.17, 15) is 18.0 Å². The van der Waals surface area contributed by atoms with Crippen LogP contribution in [0.3, 0.4) is 0 Å². The van der Waals surface area contributed by atoms with Crippen LogP contribution in [-0.4, -0.2) is 50.0 Å². The number of halogens is 4. The first-order chi connectivity index (χ1) is 19.9. The lowest BCUT2D eigenvalue weighted by Crippen LogP contribution is -2.54. The number of nitrogens with zero attached hydrogens (tertiary/aromatic N) is 2. The minimum absolute atomic E-state index is 0.0000841. The molecule has 0 aromatic heterocycles. The van der Waals surface area contributed by atoms with Crippen LogP contribution in [0.4, 0.5) is 5.69 Å². The molecule has 42 heavy (non-hydrogen) atoms. The third-order valence-corrected chi connectivity index (χ3v) is 9.73. The van der Waals surface area contributed by atoms with E-state index in [0.717, 1.165) is 41.8 Å². The molecule has 0 heterocycles. The summed E-state index contributed by atoms with van der Waals surface area (Å²) in [5.41, 5.74) is 1.45. The second-order valence-electron chi connectivity index (χ2n) is 10.3. The van der Waals surface area contributed by atoms with E-state index in [0.29, 0.717) is 10.6 Å². The Balaban J connectivity index is 1.76. The molecule has 1 saturated carbocycles. The number of anilines is 1. The Morgan fingerprint density at radius 2 is 1.50 bits per heavy atom. The van der Waals surface area contributed by atoms with Crippen molar-refractivity contribution in [3.63, 3.8) is 0 Å². The zero-order chi connectivity index (χ0) is 30.4. The minimum Gasteiger partial charge on any atom is -0.352 e. The van der Waals surface area contributed by atoms with E-state index in [1.165, 1.54) is 17.0 Å². The van der Waals surface area contributed by atoms with Gasteiger partial charge in [0.1, 0.15) is 12.6 Å². The summed E-state index contributed by atoms with van der Waals surface area (Å²) in [6, 6.07) is 18.0. The average Bonchev–Trinajstić information content (AvgIpc) is 3.45. The Labute approximate surface area is 266 Å². The molecule has 2 amide bonds. The highest BCUT2D eigenvalue weighted by Crippen LogP contribution is 2.36. The Hall–Kier alpha value is -2.49. The van der Waals surface area contributed by atoms with Crippen LogP contribution in [0.1, 0.15) is 36.8 Å². The Kier molecular flexibility index (Phi) is 11.1. The molecule has 3 aromatic rings. The number of rotatable bonds is 11. The number of amides is 2. The Bertz CT molecular complexity index is 1530. The summed E-state index contributed by atoms with van der Waals surface area (Å²) >= 11 is 25.1. The smallest absolute Gasteiger partial charge is 0.244 e. The summed E-state index contributed by atoms with van der Waals surface area (Å²) in [7, 11) is -4.03. The highest BCUT2D eigenvalue weighted by molar-refractivity contribution is 7.92. The molecule has 0 radical (unpaired) electrons. The van der Waals surface area contributed by atoms with Crippen molar-refractivity contribution in [2.45, 2.75) is 50.7 Å². The third kappa shape index (κ3) is 8.32. The molecule has 1 aliphatic rings. The van der Waals surface area contributed by atoms with Crippen LogP contribution < -0.4 is 9.62 Å². The fourth-order valence-electron chi connectivity index (χ4n) is 5.03. The second kappa shape index (κ2) is 14.3. The molecule has 4 rings (SSSR count). The first-order valence-electron chi connectivity index (χ1n) is 13.4. The number of carbonyl (C=O) groups is 2. The third-order valence-electron chi connectivity index (χ3n) is 7.21. The molecule has 1 atom stereocenters. The van der Waals surface area contributed by atoms with E-state index in [2.05, 4.69) is 5.32 Å². The van der Waals surface area contributed by atoms with Crippen molar-refractivity contribution in [1.82, 2.24) is 10.2 Å². The predicted octanol–water partition coefficient (Wildman–Crippen LogP) is 6.77. The van der Waals surface area contributed by atoms with Crippen molar-refractivity contribution in [3.8, 4) is 0 Å². The molecule has 12 heteroatoms. The van der Waals surface area contributed by atoms with E-state index < -0.39 is 28.5 Å². The van der Waals surface area contributed by atoms with Gasteiger partial charge in [-0.15, -0.1) is 0 Å². The SMILES string of the molecule is CS(=O)(=O)N(CC(=O)N(Cc1ccccc1Cl)[C@@H](Cc1ccccc1)C(=O)NC1CCCC1)c1cc(Cl)c(Cl)cc1Cl. The lowest BCUT2D eigenvalue weighted by atomic mass is 10.0. The summed E-state index contributed by atoms with van der Waals surface area (Å²) < 4.78 is 26.9. The van der Waals surface area contributed by atoms with Crippen LogP contribution in [0.5, 0.6) is 0 Å². The van der Waals surface area contributed by atoms with Gasteiger partial charge in [-0.25, -0.2) is 8.42 Å². The van der Waals surface area contributed by atoms with Crippen LogP contribution in [0.15, 0.2) is 66.7 Å². The molecule has 0 bridgehead atoms. The Morgan fingerprint density at radius 1 is 0.881 bits per heavy atom. The van der Waals surface area contributed by atoms with E-state index >= 15 is 0 Å². The van der Waals surface area contributed by atoms with Gasteiger partial charge in [-0.05, 0) is 42.2 Å². The molecular weight excluding hydrogens is 640 g/mol. The van der Waals surface area contributed by atoms with Crippen LogP contribution in [-0.2, 0) is 32.6 Å². The van der Waals surface area contributed by atoms with Crippen molar-refractivity contribution >= 4 is 73.9 Å². The van der Waals surface area contributed by atoms with Crippen LogP contribution in [0.25, 0.3) is 0 Å². The van der Waals surface area contributed by atoms with Crippen molar-refractivity contribution in [3.05, 3.63) is 97.9 Å². The van der Waals surface area contributed by atoms with Gasteiger partial charge in [-0.1, -0.05) is 108 Å². The molecular formula is C30H31Cl4N3O4S. The highest BCUT2D eigenvalue weighted by Gasteiger charge is 2.35. The Morgan fingerprint density at radius 3 is 2.14 bits per heavy atom. The zero-order valence-electron chi connectivity index (χ0n) is 22.9. The van der Waals surface area contributed by atoms with E-state index in [-0.39, 0.29) is 45.7 Å². The van der Waals surface area contributed by atoms with Crippen LogP contribution in [0.2, 0.25) is 20.1 Å². The van der Waals surface area contributed by atoms with Crippen molar-refractivity contribution < 1.29 is 18.0 Å². The maximum atomic E-state index is 14.2. The average molecular weight is 671 g/mol. The van der Waals surface area contributed by atoms with Gasteiger partial charge in [0.25, 0.3) is 0 Å². The van der Waals surface area contributed by atoms with Gasteiger partial charge in [-0.3, -0.25) is 13.9 Å². The van der Waals surface area contributed by atoms with Crippen LogP contribution >= 0.6 is 46.4 Å². The normalized spacial score (nSPS) is 14.4. The van der Waals surface area contributed by atoms with Gasteiger partial charge >= 0.3 is 0 Å². The molecule has 224 valence electrons. The molecule has 0 unspecified atom stereocenters. The number of nitrogens with one attached hydrogen (secondary N) is 1. The molecule has 0 spiro atoms. The maximum absolute atomic E-state index is 14.2. The fraction of sp³-hybridized carbons (Fsp3) is 0.333. The highest BCUT2D eigenvalue weighted by atomic mass is 35.5. The largest absolute Gasteiger partial charge is 0.352 e. The lowest BCUT2D eigenvalue weighted by Gasteiger charge is -2.34. The van der Waals surface area contributed by atoms with Crippen molar-refractivity contribution in [2.24, 2.45) is 0 Å². The van der Waals surface area contributed by atoms with Gasteiger partial charge in [0.15, 0.2) is 0 Å². The molecule has 1 N–H and O–H groups in total. The van der Waals surface area contributed by atoms with Gasteiger partial charge in [0.05, 0.1) is 27.0 Å². The topological polar surface area (TPSA) is 86.8 Å². The molecule has 7 nitrogen and oxygen atoms in total. The van der Waals surface area contributed by atoms with E-state index in [1.807, 2.05) is 30.3 Å². The quantitative estimate of drug-likeness (QED) is 0.228. The zero-order valence-corrected chi connectivity index (χ0v) is 26.7. The van der Waals surface area contributed by atoms with E-state index in [4.69, 9.17) is 46.4 Å². The maximum Gasteiger partial charge on any atom is 0.244 e. The van der Waals surface area contributed by atoms with E-state index in [1.54, 1.807) is 24.3 Å². The molecule has 0 aliphatic heterocycles. The predicted molar refractivity (Wildman–Crippen MR) is 170 cm³/mol. The fourth-order valence-corrected chi connectivity index (χ4v) is 6.77. The standard InChI is InChI=1S/C30H31Cl4N3O4S/c1-42(40,41)37(27-17-25(33)24(32)16-26(27)34)19-29(38)36(18-21-11-5-8-14-23(21)31)28(15-20-9-3-2-4-10-20)30(39)35-22-12-6-7-13-22/h2-5,8-11,14,16-17,22,28H,6-7,12-13,15,18-19H2,1H3,(H,35,39)/t28-/m0/s1. The van der Waals surface area contributed by atoms with Crippen molar-refractivity contribution in [1.29, 1.82) is 0 Å². The number of hydrogen-bond acceptors (Lipinski definition) is 4. The summed E-state index contributed by atoms with van der Waals surface area (Å²) in [5.74, 6) is -0.936. The summed E-state index contributed by atoms with van der Waals surface area (Å²) in [4.78, 5) is 29.5. The van der Waals surface area contributed by atoms with Gasteiger partial charge in [-0.2, -0.15) is 0 Å². The number of benzene rings is 3. The number of sulfonamides is 1. The molecule has 3 aromatic carbocycles. The minimum atomic E-state index is -4.03. The summed E-state index contributed by atoms with van der Waals surface area (Å²) in [5, 5.41) is 3.74. The summed E-state index contributed by atoms with van der Waals surface area (Å²) in [6.45, 7) is -0.663. The number of hydrogen-bond donors (Lipinski definition) is 1. The second-order valence-corrected chi connectivity index (χ2v) is 13.8. The lowest BCUT2D eigenvalue weighted by molar-refractivity contribution is -0.140. The van der Waals surface area contributed by atoms with Gasteiger partial charge < -0.3 is 10.2 Å².